The fraction of sp³-hybridized carbons (Fsp3) is 0.345. The van der Waals surface area contributed by atoms with E-state index in [9.17, 15) is 15.0 Å². The standard InChI is InChI=1S/C29H34ClNO4/c1-19-14-22(12-13-25(19)28(33)34)27-11-6-5-10-26(27)20(2)35-18-24(32)17-31-29(3,4)16-21-8-7-9-23(30)15-21/h5-15,20,24,31-32H,16-18H2,1-4H3,(H,33,34)/t20-,24-/m1/s1. The maximum Gasteiger partial charge on any atom is 0.335 e. The van der Waals surface area contributed by atoms with Crippen molar-refractivity contribution >= 4 is 17.6 Å². The van der Waals surface area contributed by atoms with E-state index in [1.54, 1.807) is 13.0 Å². The van der Waals surface area contributed by atoms with Crippen molar-refractivity contribution in [1.29, 1.82) is 0 Å². The van der Waals surface area contributed by atoms with Crippen LogP contribution in [0.25, 0.3) is 11.1 Å². The molecular weight excluding hydrogens is 462 g/mol. The van der Waals surface area contributed by atoms with Crippen LogP contribution in [0.4, 0.5) is 0 Å². The molecule has 0 fully saturated rings. The van der Waals surface area contributed by atoms with Gasteiger partial charge in [0.2, 0.25) is 0 Å². The zero-order valence-corrected chi connectivity index (χ0v) is 21.5. The number of aryl methyl sites for hydroxylation is 1. The number of aliphatic hydroxyl groups is 1. The minimum atomic E-state index is -0.933. The van der Waals surface area contributed by atoms with Gasteiger partial charge in [0.15, 0.2) is 0 Å². The summed E-state index contributed by atoms with van der Waals surface area (Å²) in [5.74, 6) is -0.933. The Morgan fingerprint density at radius 2 is 1.83 bits per heavy atom. The van der Waals surface area contributed by atoms with Crippen molar-refractivity contribution in [3.63, 3.8) is 0 Å². The van der Waals surface area contributed by atoms with E-state index in [1.165, 1.54) is 0 Å². The average molecular weight is 496 g/mol. The summed E-state index contributed by atoms with van der Waals surface area (Å²) in [7, 11) is 0. The molecule has 0 unspecified atom stereocenters. The van der Waals surface area contributed by atoms with Gasteiger partial charge in [-0.3, -0.25) is 0 Å². The molecule has 0 saturated carbocycles. The summed E-state index contributed by atoms with van der Waals surface area (Å²) >= 11 is 6.10. The zero-order chi connectivity index (χ0) is 25.6. The van der Waals surface area contributed by atoms with Gasteiger partial charge in [-0.25, -0.2) is 4.79 Å². The molecule has 0 radical (unpaired) electrons. The Morgan fingerprint density at radius 1 is 1.09 bits per heavy atom. The molecule has 0 amide bonds. The van der Waals surface area contributed by atoms with Gasteiger partial charge < -0.3 is 20.3 Å². The fourth-order valence-corrected chi connectivity index (χ4v) is 4.42. The summed E-state index contributed by atoms with van der Waals surface area (Å²) in [6.45, 7) is 8.54. The SMILES string of the molecule is Cc1cc(-c2ccccc2[C@@H](C)OC[C@H](O)CNC(C)(C)Cc2cccc(Cl)c2)ccc1C(=O)O. The minimum absolute atomic E-state index is 0.187. The Bertz CT molecular complexity index is 1160. The second-order valence-electron chi connectivity index (χ2n) is 9.62. The van der Waals surface area contributed by atoms with Crippen molar-refractivity contribution in [2.75, 3.05) is 13.2 Å². The smallest absolute Gasteiger partial charge is 0.335 e. The first kappa shape index (κ1) is 26.9. The Hall–Kier alpha value is -2.70. The Kier molecular flexibility index (Phi) is 9.09. The number of carbonyl (C=O) groups is 1. The molecule has 0 saturated heterocycles. The van der Waals surface area contributed by atoms with E-state index in [4.69, 9.17) is 16.3 Å². The molecule has 186 valence electrons. The van der Waals surface area contributed by atoms with E-state index in [-0.39, 0.29) is 18.2 Å². The lowest BCUT2D eigenvalue weighted by molar-refractivity contribution is -0.00397. The van der Waals surface area contributed by atoms with Gasteiger partial charge in [-0.1, -0.05) is 60.1 Å². The number of rotatable bonds is 11. The van der Waals surface area contributed by atoms with Gasteiger partial charge in [0.25, 0.3) is 0 Å². The normalized spacial score (nSPS) is 13.4. The van der Waals surface area contributed by atoms with Crippen LogP contribution in [0.15, 0.2) is 66.7 Å². The van der Waals surface area contributed by atoms with E-state index in [2.05, 4.69) is 19.2 Å². The molecule has 3 rings (SSSR count). The molecule has 5 nitrogen and oxygen atoms in total. The number of β-amino-alcohol motifs (C(OH)–C–C–N with tert-alkyl or cyclic N) is 1. The molecule has 6 heteroatoms. The number of aliphatic hydroxyl groups excluding tert-OH is 1. The second-order valence-corrected chi connectivity index (χ2v) is 10.1. The van der Waals surface area contributed by atoms with E-state index in [0.29, 0.717) is 22.7 Å². The molecule has 0 aliphatic rings. The highest BCUT2D eigenvalue weighted by molar-refractivity contribution is 6.30. The van der Waals surface area contributed by atoms with Crippen LogP contribution in [0.1, 0.15) is 53.9 Å². The highest BCUT2D eigenvalue weighted by atomic mass is 35.5. The Labute approximate surface area is 212 Å². The average Bonchev–Trinajstić information content (AvgIpc) is 2.80. The van der Waals surface area contributed by atoms with Gasteiger partial charge in [-0.05, 0) is 80.1 Å². The van der Waals surface area contributed by atoms with Crippen molar-refractivity contribution in [3.05, 3.63) is 94.0 Å². The molecule has 3 N–H and O–H groups in total. The molecule has 35 heavy (non-hydrogen) atoms. The van der Waals surface area contributed by atoms with Crippen molar-refractivity contribution in [2.45, 2.75) is 51.9 Å². The van der Waals surface area contributed by atoms with Gasteiger partial charge in [0.05, 0.1) is 24.4 Å². The van der Waals surface area contributed by atoms with Crippen LogP contribution in [0.3, 0.4) is 0 Å². The first-order valence-corrected chi connectivity index (χ1v) is 12.2. The summed E-state index contributed by atoms with van der Waals surface area (Å²) < 4.78 is 6.04. The van der Waals surface area contributed by atoms with Gasteiger partial charge in [0, 0.05) is 17.1 Å². The predicted molar refractivity (Wildman–Crippen MR) is 141 cm³/mol. The third kappa shape index (κ3) is 7.64. The highest BCUT2D eigenvalue weighted by Gasteiger charge is 2.21. The van der Waals surface area contributed by atoms with Gasteiger partial charge in [0.1, 0.15) is 0 Å². The predicted octanol–water partition coefficient (Wildman–Crippen LogP) is 6.06. The van der Waals surface area contributed by atoms with Crippen LogP contribution >= 0.6 is 11.6 Å². The summed E-state index contributed by atoms with van der Waals surface area (Å²) in [5.41, 5.74) is 4.82. The van der Waals surface area contributed by atoms with Gasteiger partial charge in [-0.2, -0.15) is 0 Å². The van der Waals surface area contributed by atoms with Crippen molar-refractivity contribution in [1.82, 2.24) is 5.32 Å². The molecule has 0 heterocycles. The fourth-order valence-electron chi connectivity index (χ4n) is 4.20. The van der Waals surface area contributed by atoms with Gasteiger partial charge in [-0.15, -0.1) is 0 Å². The van der Waals surface area contributed by atoms with Crippen LogP contribution in [0, 0.1) is 6.92 Å². The topological polar surface area (TPSA) is 78.8 Å². The van der Waals surface area contributed by atoms with E-state index >= 15 is 0 Å². The second kappa shape index (κ2) is 11.8. The van der Waals surface area contributed by atoms with Crippen molar-refractivity contribution < 1.29 is 19.7 Å². The largest absolute Gasteiger partial charge is 0.478 e. The quantitative estimate of drug-likeness (QED) is 0.301. The lowest BCUT2D eigenvalue weighted by Gasteiger charge is -2.28. The van der Waals surface area contributed by atoms with Crippen molar-refractivity contribution in [2.24, 2.45) is 0 Å². The first-order chi connectivity index (χ1) is 16.6. The van der Waals surface area contributed by atoms with E-state index in [0.717, 1.165) is 28.7 Å². The third-order valence-electron chi connectivity index (χ3n) is 6.06. The summed E-state index contributed by atoms with van der Waals surface area (Å²) in [4.78, 5) is 11.4. The number of aromatic carboxylic acids is 1. The molecule has 0 aliphatic carbocycles. The number of halogens is 1. The molecule has 0 aliphatic heterocycles. The van der Waals surface area contributed by atoms with Gasteiger partial charge >= 0.3 is 5.97 Å². The highest BCUT2D eigenvalue weighted by Crippen LogP contribution is 2.31. The number of carboxylic acid groups (broad SMARTS) is 1. The summed E-state index contributed by atoms with van der Waals surface area (Å²) in [6, 6.07) is 21.1. The maximum absolute atomic E-state index is 11.4. The lowest BCUT2D eigenvalue weighted by Crippen LogP contribution is -2.46. The molecule has 0 spiro atoms. The molecule has 3 aromatic rings. The maximum atomic E-state index is 11.4. The van der Waals surface area contributed by atoms with Crippen LogP contribution < -0.4 is 5.32 Å². The zero-order valence-electron chi connectivity index (χ0n) is 20.7. The van der Waals surface area contributed by atoms with Crippen LogP contribution in [-0.2, 0) is 11.2 Å². The third-order valence-corrected chi connectivity index (χ3v) is 6.29. The van der Waals surface area contributed by atoms with E-state index in [1.807, 2.05) is 67.6 Å². The van der Waals surface area contributed by atoms with Crippen LogP contribution in [0.5, 0.6) is 0 Å². The lowest BCUT2D eigenvalue weighted by atomic mass is 9.94. The molecule has 2 atom stereocenters. The first-order valence-electron chi connectivity index (χ1n) is 11.8. The molecule has 0 aromatic heterocycles. The summed E-state index contributed by atoms with van der Waals surface area (Å²) in [5, 5.41) is 24.0. The molecular formula is C29H34ClNO4. The summed E-state index contributed by atoms with van der Waals surface area (Å²) in [6.07, 6.45) is -0.134. The van der Waals surface area contributed by atoms with Crippen LogP contribution in [-0.4, -0.2) is 41.0 Å². The molecule has 3 aromatic carbocycles. The number of benzene rings is 3. The monoisotopic (exact) mass is 495 g/mol. The number of hydrogen-bond donors (Lipinski definition) is 3. The number of ether oxygens (including phenoxy) is 1. The minimum Gasteiger partial charge on any atom is -0.478 e. The Balaban J connectivity index is 1.59. The number of nitrogens with one attached hydrogen (secondary N) is 1. The van der Waals surface area contributed by atoms with E-state index < -0.39 is 12.1 Å². The Morgan fingerprint density at radius 3 is 2.51 bits per heavy atom. The number of hydrogen-bond acceptors (Lipinski definition) is 4. The van der Waals surface area contributed by atoms with Crippen LogP contribution in [0.2, 0.25) is 5.02 Å². The number of carboxylic acids is 1. The van der Waals surface area contributed by atoms with Crippen molar-refractivity contribution in [3.8, 4) is 11.1 Å². The molecule has 0 bridgehead atoms.